The zero-order chi connectivity index (χ0) is 11.9. The summed E-state index contributed by atoms with van der Waals surface area (Å²) in [7, 11) is 0. The molecule has 1 aliphatic rings. The second-order valence-electron chi connectivity index (χ2n) is 3.81. The van der Waals surface area contributed by atoms with Crippen LogP contribution >= 0.6 is 0 Å². The van der Waals surface area contributed by atoms with E-state index in [-0.39, 0.29) is 23.5 Å². The van der Waals surface area contributed by atoms with Crippen LogP contribution in [0, 0.1) is 11.8 Å². The molecule has 1 saturated carbocycles. The van der Waals surface area contributed by atoms with Crippen LogP contribution in [-0.4, -0.2) is 26.7 Å². The highest BCUT2D eigenvalue weighted by Gasteiger charge is 2.48. The van der Waals surface area contributed by atoms with Gasteiger partial charge in [-0.05, 0) is 13.3 Å². The highest BCUT2D eigenvalue weighted by atomic mass is 16.7. The number of ketones is 1. The SMILES string of the molecule is CC(=O)C1CC1C(=O)On1c(O)ccc1O. The lowest BCUT2D eigenvalue weighted by Crippen LogP contribution is -2.22. The molecule has 1 heterocycles. The van der Waals surface area contributed by atoms with E-state index < -0.39 is 11.9 Å². The quantitative estimate of drug-likeness (QED) is 0.760. The molecule has 2 unspecified atom stereocenters. The van der Waals surface area contributed by atoms with Crippen molar-refractivity contribution in [3.63, 3.8) is 0 Å². The second kappa shape index (κ2) is 3.55. The molecular formula is C10H11NO5. The zero-order valence-corrected chi connectivity index (χ0v) is 8.58. The highest BCUT2D eigenvalue weighted by Crippen LogP contribution is 2.39. The summed E-state index contributed by atoms with van der Waals surface area (Å²) < 4.78 is 0.623. The van der Waals surface area contributed by atoms with Crippen molar-refractivity contribution in [2.75, 3.05) is 0 Å². The number of hydrogen-bond donors (Lipinski definition) is 2. The molecule has 6 heteroatoms. The lowest BCUT2D eigenvalue weighted by Gasteiger charge is -2.05. The van der Waals surface area contributed by atoms with Crippen molar-refractivity contribution >= 4 is 11.8 Å². The van der Waals surface area contributed by atoms with Crippen LogP contribution in [0.4, 0.5) is 0 Å². The fourth-order valence-electron chi connectivity index (χ4n) is 1.56. The Morgan fingerprint density at radius 1 is 1.31 bits per heavy atom. The van der Waals surface area contributed by atoms with Gasteiger partial charge in [-0.15, -0.1) is 4.73 Å². The number of nitrogens with zero attached hydrogens (tertiary/aromatic N) is 1. The summed E-state index contributed by atoms with van der Waals surface area (Å²) in [6.07, 6.45) is 0.469. The van der Waals surface area contributed by atoms with E-state index in [0.717, 1.165) is 0 Å². The van der Waals surface area contributed by atoms with E-state index in [9.17, 15) is 19.8 Å². The molecule has 6 nitrogen and oxygen atoms in total. The van der Waals surface area contributed by atoms with Crippen LogP contribution in [0.25, 0.3) is 0 Å². The van der Waals surface area contributed by atoms with Gasteiger partial charge in [-0.3, -0.25) is 4.79 Å². The number of aromatic hydroxyl groups is 2. The average Bonchev–Trinajstić information content (AvgIpc) is 2.96. The molecule has 1 fully saturated rings. The Kier molecular flexibility index (Phi) is 2.34. The lowest BCUT2D eigenvalue weighted by atomic mass is 10.2. The third-order valence-electron chi connectivity index (χ3n) is 2.59. The minimum absolute atomic E-state index is 0.0529. The van der Waals surface area contributed by atoms with E-state index in [1.165, 1.54) is 19.1 Å². The summed E-state index contributed by atoms with van der Waals surface area (Å²) >= 11 is 0. The van der Waals surface area contributed by atoms with Crippen LogP contribution in [0.1, 0.15) is 13.3 Å². The smallest absolute Gasteiger partial charge is 0.337 e. The zero-order valence-electron chi connectivity index (χ0n) is 8.58. The van der Waals surface area contributed by atoms with E-state index >= 15 is 0 Å². The Labute approximate surface area is 91.0 Å². The van der Waals surface area contributed by atoms with Gasteiger partial charge in [0.05, 0.1) is 5.92 Å². The van der Waals surface area contributed by atoms with Gasteiger partial charge in [-0.25, -0.2) is 4.79 Å². The molecule has 0 radical (unpaired) electrons. The second-order valence-corrected chi connectivity index (χ2v) is 3.81. The van der Waals surface area contributed by atoms with Gasteiger partial charge in [0.2, 0.25) is 11.8 Å². The maximum Gasteiger partial charge on any atom is 0.337 e. The predicted molar refractivity (Wildman–Crippen MR) is 51.6 cm³/mol. The Balaban J connectivity index is 2.02. The molecule has 1 aromatic heterocycles. The third-order valence-corrected chi connectivity index (χ3v) is 2.59. The molecule has 1 aromatic rings. The van der Waals surface area contributed by atoms with E-state index in [2.05, 4.69) is 0 Å². The van der Waals surface area contributed by atoms with Gasteiger partial charge in [-0.1, -0.05) is 0 Å². The van der Waals surface area contributed by atoms with Crippen LogP contribution in [0.3, 0.4) is 0 Å². The number of carbonyl (C=O) groups excluding carboxylic acids is 2. The molecule has 0 aromatic carbocycles. The summed E-state index contributed by atoms with van der Waals surface area (Å²) in [5, 5.41) is 18.4. The van der Waals surface area contributed by atoms with Crippen molar-refractivity contribution in [3.8, 4) is 11.8 Å². The third kappa shape index (κ3) is 1.73. The Morgan fingerprint density at radius 2 is 1.88 bits per heavy atom. The fraction of sp³-hybridized carbons (Fsp3) is 0.400. The van der Waals surface area contributed by atoms with Crippen LogP contribution in [0.5, 0.6) is 11.8 Å². The Morgan fingerprint density at radius 3 is 2.31 bits per heavy atom. The van der Waals surface area contributed by atoms with Crippen molar-refractivity contribution in [2.45, 2.75) is 13.3 Å². The van der Waals surface area contributed by atoms with Crippen molar-refractivity contribution in [1.82, 2.24) is 4.73 Å². The summed E-state index contributed by atoms with van der Waals surface area (Å²) in [4.78, 5) is 27.2. The van der Waals surface area contributed by atoms with Crippen LogP contribution < -0.4 is 4.84 Å². The summed E-state index contributed by atoms with van der Waals surface area (Å²) in [5.41, 5.74) is 0. The molecule has 2 rings (SSSR count). The number of hydrogen-bond acceptors (Lipinski definition) is 5. The maximum absolute atomic E-state index is 11.5. The molecule has 0 bridgehead atoms. The molecule has 1 aliphatic carbocycles. The minimum atomic E-state index is -0.623. The van der Waals surface area contributed by atoms with Crippen molar-refractivity contribution < 1.29 is 24.6 Å². The molecule has 0 aliphatic heterocycles. The minimum Gasteiger partial charge on any atom is -0.492 e. The fourth-order valence-corrected chi connectivity index (χ4v) is 1.56. The number of Topliss-reactive ketones (excluding diaryl/α,β-unsaturated/α-hetero) is 1. The summed E-state index contributed by atoms with van der Waals surface area (Å²) in [5.74, 6) is -2.16. The van der Waals surface area contributed by atoms with E-state index in [1.54, 1.807) is 0 Å². The van der Waals surface area contributed by atoms with E-state index in [0.29, 0.717) is 11.2 Å². The molecule has 86 valence electrons. The van der Waals surface area contributed by atoms with E-state index in [1.807, 2.05) is 0 Å². The molecule has 2 atom stereocenters. The molecule has 0 amide bonds. The largest absolute Gasteiger partial charge is 0.492 e. The Hall–Kier alpha value is -1.98. The first-order valence-corrected chi connectivity index (χ1v) is 4.83. The Bertz CT molecular complexity index is 431. The average molecular weight is 225 g/mol. The van der Waals surface area contributed by atoms with Gasteiger partial charge in [0.25, 0.3) is 0 Å². The first-order chi connectivity index (χ1) is 7.50. The topological polar surface area (TPSA) is 88.8 Å². The highest BCUT2D eigenvalue weighted by molar-refractivity contribution is 5.90. The first-order valence-electron chi connectivity index (χ1n) is 4.83. The van der Waals surface area contributed by atoms with Crippen molar-refractivity contribution in [1.29, 1.82) is 0 Å². The number of carbonyl (C=O) groups is 2. The van der Waals surface area contributed by atoms with Gasteiger partial charge in [-0.2, -0.15) is 0 Å². The molecule has 0 saturated heterocycles. The maximum atomic E-state index is 11.5. The predicted octanol–water partition coefficient (Wildman–Crippen LogP) is 0.0796. The summed E-state index contributed by atoms with van der Waals surface area (Å²) in [6.45, 7) is 1.42. The standard InChI is InChI=1S/C10H11NO5/c1-5(12)6-4-7(6)10(15)16-11-8(13)2-3-9(11)14/h2-3,6-7,13-14H,4H2,1H3. The van der Waals surface area contributed by atoms with Gasteiger partial charge in [0.1, 0.15) is 5.78 Å². The molecular weight excluding hydrogens is 214 g/mol. The van der Waals surface area contributed by atoms with Gasteiger partial charge >= 0.3 is 5.97 Å². The first kappa shape index (κ1) is 10.5. The van der Waals surface area contributed by atoms with Crippen LogP contribution in [-0.2, 0) is 9.59 Å². The van der Waals surface area contributed by atoms with Gasteiger partial charge < -0.3 is 15.1 Å². The van der Waals surface area contributed by atoms with Gasteiger partial charge in [0, 0.05) is 18.1 Å². The van der Waals surface area contributed by atoms with E-state index in [4.69, 9.17) is 4.84 Å². The summed E-state index contributed by atoms with van der Waals surface area (Å²) in [6, 6.07) is 2.38. The lowest BCUT2D eigenvalue weighted by molar-refractivity contribution is -0.148. The van der Waals surface area contributed by atoms with Crippen LogP contribution in [0.2, 0.25) is 0 Å². The molecule has 0 spiro atoms. The van der Waals surface area contributed by atoms with Crippen LogP contribution in [0.15, 0.2) is 12.1 Å². The molecule has 2 N–H and O–H groups in total. The monoisotopic (exact) mass is 225 g/mol. The van der Waals surface area contributed by atoms with Crippen molar-refractivity contribution in [3.05, 3.63) is 12.1 Å². The number of rotatable bonds is 3. The van der Waals surface area contributed by atoms with Crippen molar-refractivity contribution in [2.24, 2.45) is 11.8 Å². The normalized spacial score (nSPS) is 22.8. The molecule has 16 heavy (non-hydrogen) atoms. The number of aromatic nitrogens is 1. The van der Waals surface area contributed by atoms with Gasteiger partial charge in [0.15, 0.2) is 0 Å².